The number of carbonyl (C=O) groups excluding carboxylic acids is 2. The van der Waals surface area contributed by atoms with Crippen molar-refractivity contribution in [3.05, 3.63) is 47.9 Å². The van der Waals surface area contributed by atoms with Crippen LogP contribution >= 0.6 is 0 Å². The lowest BCUT2D eigenvalue weighted by atomic mass is 10.1. The summed E-state index contributed by atoms with van der Waals surface area (Å²) in [7, 11) is 0. The van der Waals surface area contributed by atoms with Crippen LogP contribution in [0.3, 0.4) is 0 Å². The second-order valence-corrected chi connectivity index (χ2v) is 2.73. The van der Waals surface area contributed by atoms with E-state index in [2.05, 4.69) is 16.1 Å². The maximum atomic E-state index is 11.3. The van der Waals surface area contributed by atoms with Crippen molar-refractivity contribution in [2.24, 2.45) is 0 Å². The van der Waals surface area contributed by atoms with Crippen LogP contribution in [-0.4, -0.2) is 11.9 Å². The zero-order chi connectivity index (χ0) is 10.1. The van der Waals surface area contributed by atoms with E-state index in [0.29, 0.717) is 11.1 Å². The summed E-state index contributed by atoms with van der Waals surface area (Å²) >= 11 is 0. The number of cyclic esters (lactones) is 2. The van der Waals surface area contributed by atoms with Crippen molar-refractivity contribution < 1.29 is 19.1 Å². The van der Waals surface area contributed by atoms with Gasteiger partial charge in [0, 0.05) is 0 Å². The van der Waals surface area contributed by atoms with E-state index in [1.807, 2.05) is 0 Å². The van der Waals surface area contributed by atoms with Crippen molar-refractivity contribution in [3.63, 3.8) is 0 Å². The van der Waals surface area contributed by atoms with Crippen molar-refractivity contribution in [2.45, 2.75) is 0 Å². The van der Waals surface area contributed by atoms with Crippen molar-refractivity contribution >= 4 is 11.9 Å². The molecule has 1 heterocycles. The van der Waals surface area contributed by atoms with E-state index in [4.69, 9.17) is 0 Å². The van der Waals surface area contributed by atoms with Gasteiger partial charge in [-0.15, -0.1) is 0 Å². The number of ether oxygens (including phenoxy) is 2. The summed E-state index contributed by atoms with van der Waals surface area (Å²) in [6.45, 7) is 3.28. The Morgan fingerprint density at radius 1 is 1.00 bits per heavy atom. The normalized spacial score (nSPS) is 15.3. The number of fused-ring (bicyclic) bond motifs is 2. The van der Waals surface area contributed by atoms with Crippen molar-refractivity contribution in [2.75, 3.05) is 0 Å². The molecule has 0 spiro atoms. The van der Waals surface area contributed by atoms with Crippen molar-refractivity contribution in [1.29, 1.82) is 0 Å². The molecule has 0 saturated carbocycles. The van der Waals surface area contributed by atoms with Gasteiger partial charge in [-0.2, -0.15) is 0 Å². The molecule has 2 rings (SSSR count). The van der Waals surface area contributed by atoms with Crippen LogP contribution in [0.15, 0.2) is 36.8 Å². The third kappa shape index (κ3) is 1.37. The molecule has 1 aromatic carbocycles. The number of hydrogen-bond donors (Lipinski definition) is 0. The Balaban J connectivity index is 2.54. The van der Waals surface area contributed by atoms with E-state index >= 15 is 0 Å². The number of rotatable bonds is 0. The molecule has 1 aliphatic heterocycles. The third-order valence-corrected chi connectivity index (χ3v) is 1.75. The molecule has 0 aromatic heterocycles. The van der Waals surface area contributed by atoms with Crippen LogP contribution in [0.2, 0.25) is 0 Å². The first-order valence-electron chi connectivity index (χ1n) is 3.90. The van der Waals surface area contributed by atoms with Gasteiger partial charge in [-0.25, -0.2) is 9.59 Å². The average Bonchev–Trinajstić information content (AvgIpc) is 2.16. The first-order chi connectivity index (χ1) is 6.66. The predicted molar refractivity (Wildman–Crippen MR) is 46.4 cm³/mol. The minimum Gasteiger partial charge on any atom is -0.389 e. The van der Waals surface area contributed by atoms with Gasteiger partial charge >= 0.3 is 11.9 Å². The van der Waals surface area contributed by atoms with Gasteiger partial charge in [0.2, 0.25) is 0 Å². The Morgan fingerprint density at radius 2 is 1.50 bits per heavy atom. The van der Waals surface area contributed by atoms with Gasteiger partial charge in [0.15, 0.2) is 0 Å². The fourth-order valence-electron chi connectivity index (χ4n) is 1.12. The highest BCUT2D eigenvalue weighted by Crippen LogP contribution is 2.15. The van der Waals surface area contributed by atoms with Gasteiger partial charge in [-0.05, 0) is 24.8 Å². The van der Waals surface area contributed by atoms with Gasteiger partial charge in [0.05, 0.1) is 11.1 Å². The third-order valence-electron chi connectivity index (χ3n) is 1.75. The lowest BCUT2D eigenvalue weighted by Gasteiger charge is -2.11. The smallest absolute Gasteiger partial charge is 0.345 e. The summed E-state index contributed by atoms with van der Waals surface area (Å²) in [5, 5.41) is 0. The fourth-order valence-corrected chi connectivity index (χ4v) is 1.12. The molecule has 14 heavy (non-hydrogen) atoms. The van der Waals surface area contributed by atoms with Gasteiger partial charge in [0.25, 0.3) is 5.95 Å². The molecule has 4 nitrogen and oxygen atoms in total. The molecule has 0 amide bonds. The van der Waals surface area contributed by atoms with Crippen LogP contribution in [0, 0.1) is 0 Å². The molecule has 0 saturated heterocycles. The van der Waals surface area contributed by atoms with Crippen molar-refractivity contribution in [3.8, 4) is 0 Å². The van der Waals surface area contributed by atoms with Crippen LogP contribution in [-0.2, 0) is 9.47 Å². The van der Waals surface area contributed by atoms with E-state index < -0.39 is 11.9 Å². The summed E-state index contributed by atoms with van der Waals surface area (Å²) in [6.07, 6.45) is 0. The first kappa shape index (κ1) is 8.50. The lowest BCUT2D eigenvalue weighted by molar-refractivity contribution is 0.0229. The Morgan fingerprint density at radius 3 is 2.00 bits per heavy atom. The Kier molecular flexibility index (Phi) is 1.81. The summed E-state index contributed by atoms with van der Waals surface area (Å²) in [5.41, 5.74) is 0.612. The number of carbonyl (C=O) groups is 2. The minimum absolute atomic E-state index is 0.299. The Labute approximate surface area is 79.7 Å². The molecule has 0 radical (unpaired) electrons. The largest absolute Gasteiger partial charge is 0.389 e. The van der Waals surface area contributed by atoms with Gasteiger partial charge in [0.1, 0.15) is 0 Å². The SMILES string of the molecule is C=C1OC(=O)c2cccc(c2)C(=O)O1. The van der Waals surface area contributed by atoms with E-state index in [-0.39, 0.29) is 5.95 Å². The van der Waals surface area contributed by atoms with Crippen LogP contribution in [0.4, 0.5) is 0 Å². The molecule has 4 heteroatoms. The van der Waals surface area contributed by atoms with E-state index in [9.17, 15) is 9.59 Å². The quantitative estimate of drug-likeness (QED) is 0.581. The number of hydrogen-bond acceptors (Lipinski definition) is 4. The summed E-state index contributed by atoms with van der Waals surface area (Å²) in [4.78, 5) is 22.5. The maximum Gasteiger partial charge on any atom is 0.345 e. The average molecular weight is 190 g/mol. The first-order valence-corrected chi connectivity index (χ1v) is 3.90. The monoisotopic (exact) mass is 190 g/mol. The molecule has 1 aliphatic rings. The number of benzene rings is 1. The molecule has 0 atom stereocenters. The van der Waals surface area contributed by atoms with Crippen LogP contribution in [0.1, 0.15) is 20.7 Å². The van der Waals surface area contributed by atoms with E-state index in [0.717, 1.165) is 0 Å². The fraction of sp³-hybridized carbons (Fsp3) is 0. The Bertz CT molecular complexity index is 398. The van der Waals surface area contributed by atoms with Crippen LogP contribution < -0.4 is 0 Å². The second kappa shape index (κ2) is 2.99. The zero-order valence-corrected chi connectivity index (χ0v) is 7.15. The molecular weight excluding hydrogens is 184 g/mol. The molecule has 2 bridgehead atoms. The molecular formula is C10H6O4. The van der Waals surface area contributed by atoms with Crippen molar-refractivity contribution in [1.82, 2.24) is 0 Å². The molecule has 0 unspecified atom stereocenters. The molecule has 70 valence electrons. The van der Waals surface area contributed by atoms with E-state index in [1.54, 1.807) is 18.2 Å². The highest BCUT2D eigenvalue weighted by molar-refractivity contribution is 5.97. The second-order valence-electron chi connectivity index (χ2n) is 2.73. The highest BCUT2D eigenvalue weighted by atomic mass is 16.7. The summed E-state index contributed by atoms with van der Waals surface area (Å²) in [6, 6.07) is 6.10. The lowest BCUT2D eigenvalue weighted by Crippen LogP contribution is -2.15. The Hall–Kier alpha value is -2.10. The highest BCUT2D eigenvalue weighted by Gasteiger charge is 2.19. The van der Waals surface area contributed by atoms with Gasteiger partial charge in [-0.3, -0.25) is 0 Å². The molecule has 0 N–H and O–H groups in total. The molecule has 0 fully saturated rings. The minimum atomic E-state index is -0.579. The van der Waals surface area contributed by atoms with E-state index in [1.165, 1.54) is 6.07 Å². The maximum absolute atomic E-state index is 11.3. The molecule has 0 aliphatic carbocycles. The standard InChI is InChI=1S/C10H6O4/c1-6-13-9(11)7-3-2-4-8(5-7)10(12)14-6/h2-5H,1H2. The summed E-state index contributed by atoms with van der Waals surface area (Å²) in [5.74, 6) is -1.46. The van der Waals surface area contributed by atoms with Crippen LogP contribution in [0.5, 0.6) is 0 Å². The summed E-state index contributed by atoms with van der Waals surface area (Å²) < 4.78 is 9.25. The topological polar surface area (TPSA) is 52.6 Å². The number of esters is 2. The molecule has 1 aromatic rings. The zero-order valence-electron chi connectivity index (χ0n) is 7.15. The van der Waals surface area contributed by atoms with Gasteiger partial charge in [-0.1, -0.05) is 6.07 Å². The van der Waals surface area contributed by atoms with Crippen LogP contribution in [0.25, 0.3) is 0 Å². The predicted octanol–water partition coefficient (Wildman–Crippen LogP) is 1.49. The van der Waals surface area contributed by atoms with Gasteiger partial charge < -0.3 is 9.47 Å².